The van der Waals surface area contributed by atoms with Crippen molar-refractivity contribution >= 4 is 10.8 Å². The molecular weight excluding hydrogens is 258 g/mol. The van der Waals surface area contributed by atoms with E-state index in [1.54, 1.807) is 24.3 Å². The van der Waals surface area contributed by atoms with Crippen LogP contribution in [-0.4, -0.2) is 14.6 Å². The van der Waals surface area contributed by atoms with Gasteiger partial charge in [0.15, 0.2) is 5.36 Å². The fourth-order valence-electron chi connectivity index (χ4n) is 3.06. The highest BCUT2D eigenvalue weighted by molar-refractivity contribution is 5.80. The van der Waals surface area contributed by atoms with Crippen molar-refractivity contribution in [3.63, 3.8) is 0 Å². The van der Waals surface area contributed by atoms with Crippen LogP contribution in [0.5, 0.6) is 0 Å². The second kappa shape index (κ2) is 3.59. The molecule has 2 heterocycles. The number of fused-ring (bicyclic) bond motifs is 2. The lowest BCUT2D eigenvalue weighted by Crippen LogP contribution is -2.36. The molecule has 0 amide bonds. The topological polar surface area (TPSA) is 76.6 Å². The van der Waals surface area contributed by atoms with Crippen LogP contribution < -0.4 is 16.5 Å². The van der Waals surface area contributed by atoms with Crippen LogP contribution in [-0.2, 0) is 13.1 Å². The summed E-state index contributed by atoms with van der Waals surface area (Å²) < 4.78 is 2.94. The molecule has 0 radical (unpaired) electrons. The second-order valence-corrected chi connectivity index (χ2v) is 5.72. The minimum absolute atomic E-state index is 0.0610. The first-order valence-corrected chi connectivity index (χ1v) is 6.60. The average molecular weight is 271 g/mol. The van der Waals surface area contributed by atoms with Crippen molar-refractivity contribution in [2.24, 2.45) is 10.6 Å². The van der Waals surface area contributed by atoms with Crippen molar-refractivity contribution in [3.05, 3.63) is 50.3 Å². The zero-order valence-electron chi connectivity index (χ0n) is 10.7. The molecule has 2 aromatic rings. The van der Waals surface area contributed by atoms with E-state index in [0.29, 0.717) is 23.9 Å². The molecule has 102 valence electrons. The van der Waals surface area contributed by atoms with Crippen molar-refractivity contribution in [2.75, 3.05) is 0 Å². The summed E-state index contributed by atoms with van der Waals surface area (Å²) in [6.45, 7) is 1.11. The molecule has 6 heteroatoms. The molecule has 0 unspecified atom stereocenters. The molecule has 1 aliphatic carbocycles. The van der Waals surface area contributed by atoms with Gasteiger partial charge in [-0.15, -0.1) is 0 Å². The SMILES string of the molecule is O=c1c(=NO)c2ccccc2c(=O)n2n1CC1(CC1)C2. The largest absolute Gasteiger partial charge is 0.410 e. The summed E-state index contributed by atoms with van der Waals surface area (Å²) in [4.78, 5) is 25.2. The quantitative estimate of drug-likeness (QED) is 0.551. The summed E-state index contributed by atoms with van der Waals surface area (Å²) in [6.07, 6.45) is 2.07. The monoisotopic (exact) mass is 271 g/mol. The molecule has 1 aromatic carbocycles. The Hall–Kier alpha value is -2.37. The maximum absolute atomic E-state index is 12.6. The molecule has 4 rings (SSSR count). The summed E-state index contributed by atoms with van der Waals surface area (Å²) in [5.74, 6) is 0. The van der Waals surface area contributed by atoms with E-state index in [1.807, 2.05) is 0 Å². The maximum Gasteiger partial charge on any atom is 0.295 e. The second-order valence-electron chi connectivity index (χ2n) is 5.72. The van der Waals surface area contributed by atoms with Gasteiger partial charge in [-0.05, 0) is 18.9 Å². The van der Waals surface area contributed by atoms with E-state index in [2.05, 4.69) is 5.16 Å². The third-order valence-corrected chi connectivity index (χ3v) is 4.40. The number of rotatable bonds is 0. The molecule has 2 aliphatic rings. The maximum atomic E-state index is 12.6. The molecule has 1 fully saturated rings. The lowest BCUT2D eigenvalue weighted by molar-refractivity contribution is 0.300. The van der Waals surface area contributed by atoms with Crippen LogP contribution in [0.2, 0.25) is 0 Å². The van der Waals surface area contributed by atoms with Gasteiger partial charge in [-0.2, -0.15) is 0 Å². The van der Waals surface area contributed by atoms with Crippen LogP contribution in [0.25, 0.3) is 10.8 Å². The Morgan fingerprint density at radius 1 is 1.00 bits per heavy atom. The van der Waals surface area contributed by atoms with Gasteiger partial charge in [0, 0.05) is 10.8 Å². The lowest BCUT2D eigenvalue weighted by Gasteiger charge is -1.99. The number of aromatic nitrogens is 2. The number of benzene rings is 1. The van der Waals surface area contributed by atoms with Crippen molar-refractivity contribution < 1.29 is 5.21 Å². The van der Waals surface area contributed by atoms with Gasteiger partial charge in [-0.1, -0.05) is 23.4 Å². The Bertz CT molecular complexity index is 919. The van der Waals surface area contributed by atoms with Crippen LogP contribution in [0, 0.1) is 5.41 Å². The molecule has 1 aliphatic heterocycles. The van der Waals surface area contributed by atoms with Gasteiger partial charge < -0.3 is 5.21 Å². The molecule has 1 aromatic heterocycles. The molecule has 6 nitrogen and oxygen atoms in total. The van der Waals surface area contributed by atoms with Crippen LogP contribution >= 0.6 is 0 Å². The Labute approximate surface area is 113 Å². The van der Waals surface area contributed by atoms with Gasteiger partial charge >= 0.3 is 0 Å². The predicted octanol–water partition coefficient (Wildman–Crippen LogP) is 0.247. The Morgan fingerprint density at radius 2 is 1.60 bits per heavy atom. The van der Waals surface area contributed by atoms with Crippen LogP contribution in [0.15, 0.2) is 39.0 Å². The molecule has 0 saturated heterocycles. The zero-order chi connectivity index (χ0) is 13.9. The summed E-state index contributed by atoms with van der Waals surface area (Å²) in [7, 11) is 0. The molecule has 1 N–H and O–H groups in total. The van der Waals surface area contributed by atoms with Gasteiger partial charge in [0.25, 0.3) is 11.1 Å². The Balaban J connectivity index is 2.27. The zero-order valence-corrected chi connectivity index (χ0v) is 10.7. The van der Waals surface area contributed by atoms with Gasteiger partial charge in [-0.3, -0.25) is 9.59 Å². The van der Waals surface area contributed by atoms with Crippen molar-refractivity contribution in [2.45, 2.75) is 25.9 Å². The molecule has 20 heavy (non-hydrogen) atoms. The average Bonchev–Trinajstić information content (AvgIpc) is 3.11. The first-order valence-electron chi connectivity index (χ1n) is 6.60. The smallest absolute Gasteiger partial charge is 0.295 e. The van der Waals surface area contributed by atoms with Crippen LogP contribution in [0.1, 0.15) is 12.8 Å². The number of nitrogens with zero attached hydrogens (tertiary/aromatic N) is 3. The van der Waals surface area contributed by atoms with Gasteiger partial charge in [0.1, 0.15) is 0 Å². The number of hydrogen-bond donors (Lipinski definition) is 1. The number of hydrogen-bond acceptors (Lipinski definition) is 4. The third-order valence-electron chi connectivity index (χ3n) is 4.40. The van der Waals surface area contributed by atoms with E-state index in [4.69, 9.17) is 0 Å². The summed E-state index contributed by atoms with van der Waals surface area (Å²) >= 11 is 0. The standard InChI is InChI=1S/C14H13N3O3/c18-12-10-4-2-1-3-9(10)11(15-20)13(19)17-8-14(5-6-14)7-16(12)17/h1-4,20H,5-8H2. The fraction of sp³-hybridized carbons (Fsp3) is 0.357. The lowest BCUT2D eigenvalue weighted by atomic mass is 10.1. The van der Waals surface area contributed by atoms with E-state index in [1.165, 1.54) is 9.36 Å². The highest BCUT2D eigenvalue weighted by Crippen LogP contribution is 2.50. The van der Waals surface area contributed by atoms with E-state index >= 15 is 0 Å². The Kier molecular flexibility index (Phi) is 2.06. The molecule has 1 spiro atoms. The highest BCUT2D eigenvalue weighted by atomic mass is 16.4. The summed E-state index contributed by atoms with van der Waals surface area (Å²) in [6, 6.07) is 6.77. The highest BCUT2D eigenvalue weighted by Gasteiger charge is 2.48. The Morgan fingerprint density at radius 3 is 2.20 bits per heavy atom. The first-order chi connectivity index (χ1) is 9.65. The van der Waals surface area contributed by atoms with Gasteiger partial charge in [0.05, 0.1) is 18.5 Å². The minimum Gasteiger partial charge on any atom is -0.410 e. The third kappa shape index (κ3) is 1.36. The van der Waals surface area contributed by atoms with Crippen LogP contribution in [0.4, 0.5) is 0 Å². The molecular formula is C14H13N3O3. The van der Waals surface area contributed by atoms with Crippen molar-refractivity contribution in [1.82, 2.24) is 9.36 Å². The fourth-order valence-corrected chi connectivity index (χ4v) is 3.06. The predicted molar refractivity (Wildman–Crippen MR) is 71.5 cm³/mol. The van der Waals surface area contributed by atoms with Crippen molar-refractivity contribution in [1.29, 1.82) is 0 Å². The van der Waals surface area contributed by atoms with E-state index in [0.717, 1.165) is 12.8 Å². The van der Waals surface area contributed by atoms with E-state index in [9.17, 15) is 14.8 Å². The van der Waals surface area contributed by atoms with Gasteiger partial charge in [0.2, 0.25) is 0 Å². The van der Waals surface area contributed by atoms with Crippen LogP contribution in [0.3, 0.4) is 0 Å². The van der Waals surface area contributed by atoms with E-state index in [-0.39, 0.29) is 16.3 Å². The molecule has 0 atom stereocenters. The normalized spacial score (nSPS) is 19.5. The van der Waals surface area contributed by atoms with Gasteiger partial charge in [-0.25, -0.2) is 9.36 Å². The van der Waals surface area contributed by atoms with Crippen molar-refractivity contribution in [3.8, 4) is 0 Å². The molecule has 0 bridgehead atoms. The summed E-state index contributed by atoms with van der Waals surface area (Å²) in [5.41, 5.74) is -0.538. The minimum atomic E-state index is -0.408. The first kappa shape index (κ1) is 11.5. The van der Waals surface area contributed by atoms with E-state index < -0.39 is 5.56 Å². The molecule has 1 saturated carbocycles. The summed E-state index contributed by atoms with van der Waals surface area (Å²) in [5, 5.41) is 13.1.